The molecule has 4 rings (SSSR count). The van der Waals surface area contributed by atoms with Gasteiger partial charge in [-0.25, -0.2) is 9.97 Å². The predicted molar refractivity (Wildman–Crippen MR) is 81.1 cm³/mol. The molecule has 96 valence electrons. The van der Waals surface area contributed by atoms with Crippen LogP contribution < -0.4 is 5.32 Å². The summed E-state index contributed by atoms with van der Waals surface area (Å²) in [6.07, 6.45) is 3.52. The lowest BCUT2D eigenvalue weighted by Crippen LogP contribution is -1.95. The maximum Gasteiger partial charge on any atom is 0.141 e. The van der Waals surface area contributed by atoms with Crippen molar-refractivity contribution >= 4 is 33.3 Å². The molecule has 2 heterocycles. The highest BCUT2D eigenvalue weighted by atomic mass is 15.0. The molecule has 0 saturated carbocycles. The molecule has 4 heteroatoms. The van der Waals surface area contributed by atoms with Gasteiger partial charge in [0.1, 0.15) is 12.1 Å². The first-order valence-corrected chi connectivity index (χ1v) is 6.44. The fourth-order valence-electron chi connectivity index (χ4n) is 2.37. The molecule has 0 bridgehead atoms. The normalized spacial score (nSPS) is 11.0. The Labute approximate surface area is 115 Å². The largest absolute Gasteiger partial charge is 0.361 e. The zero-order valence-corrected chi connectivity index (χ0v) is 10.7. The molecular formula is C16H12N4. The van der Waals surface area contributed by atoms with Gasteiger partial charge in [-0.1, -0.05) is 12.1 Å². The van der Waals surface area contributed by atoms with Crippen LogP contribution in [0.5, 0.6) is 0 Å². The maximum absolute atomic E-state index is 4.34. The van der Waals surface area contributed by atoms with Gasteiger partial charge in [-0.2, -0.15) is 0 Å². The van der Waals surface area contributed by atoms with Crippen molar-refractivity contribution in [2.75, 3.05) is 5.32 Å². The number of aromatic nitrogens is 3. The van der Waals surface area contributed by atoms with Gasteiger partial charge in [0.15, 0.2) is 0 Å². The van der Waals surface area contributed by atoms with E-state index in [0.717, 1.165) is 27.9 Å². The number of nitrogens with zero attached hydrogens (tertiary/aromatic N) is 2. The molecule has 4 nitrogen and oxygen atoms in total. The van der Waals surface area contributed by atoms with Gasteiger partial charge in [-0.3, -0.25) is 0 Å². The van der Waals surface area contributed by atoms with E-state index >= 15 is 0 Å². The number of para-hydroxylation sites is 1. The molecule has 0 aliphatic carbocycles. The molecule has 2 aromatic heterocycles. The molecule has 0 aliphatic rings. The molecule has 0 aliphatic heterocycles. The van der Waals surface area contributed by atoms with E-state index in [-0.39, 0.29) is 0 Å². The quantitative estimate of drug-likeness (QED) is 0.575. The van der Waals surface area contributed by atoms with Crippen molar-refractivity contribution in [3.8, 4) is 0 Å². The smallest absolute Gasteiger partial charge is 0.141 e. The van der Waals surface area contributed by atoms with Crippen molar-refractivity contribution in [1.29, 1.82) is 0 Å². The highest BCUT2D eigenvalue weighted by molar-refractivity contribution is 5.91. The third kappa shape index (κ3) is 1.78. The van der Waals surface area contributed by atoms with Crippen molar-refractivity contribution in [1.82, 2.24) is 15.0 Å². The van der Waals surface area contributed by atoms with Crippen LogP contribution in [0.3, 0.4) is 0 Å². The average molecular weight is 260 g/mol. The second-order valence-electron chi connectivity index (χ2n) is 4.64. The van der Waals surface area contributed by atoms with Crippen molar-refractivity contribution < 1.29 is 0 Å². The Hall–Kier alpha value is -2.88. The SMILES string of the molecule is c1ccc2c(Nc3ccc4[nH]ccc4c3)ncnc2c1. The van der Waals surface area contributed by atoms with Crippen LogP contribution in [-0.4, -0.2) is 15.0 Å². The molecule has 0 radical (unpaired) electrons. The Morgan fingerprint density at radius 1 is 0.950 bits per heavy atom. The second-order valence-corrected chi connectivity index (χ2v) is 4.64. The zero-order chi connectivity index (χ0) is 13.4. The van der Waals surface area contributed by atoms with E-state index in [4.69, 9.17) is 0 Å². The summed E-state index contributed by atoms with van der Waals surface area (Å²) in [5, 5.41) is 5.56. The molecule has 0 spiro atoms. The summed E-state index contributed by atoms with van der Waals surface area (Å²) in [4.78, 5) is 11.8. The Kier molecular flexibility index (Phi) is 2.39. The molecule has 0 saturated heterocycles. The Balaban J connectivity index is 1.80. The van der Waals surface area contributed by atoms with Gasteiger partial charge >= 0.3 is 0 Å². The first-order valence-electron chi connectivity index (χ1n) is 6.44. The van der Waals surface area contributed by atoms with E-state index in [1.54, 1.807) is 6.33 Å². The second kappa shape index (κ2) is 4.35. The van der Waals surface area contributed by atoms with E-state index in [1.165, 1.54) is 5.39 Å². The summed E-state index contributed by atoms with van der Waals surface area (Å²) >= 11 is 0. The monoisotopic (exact) mass is 260 g/mol. The summed E-state index contributed by atoms with van der Waals surface area (Å²) in [6, 6.07) is 16.2. The molecule has 0 atom stereocenters. The average Bonchev–Trinajstić information content (AvgIpc) is 2.95. The fraction of sp³-hybridized carbons (Fsp3) is 0. The minimum absolute atomic E-state index is 0.825. The van der Waals surface area contributed by atoms with Crippen molar-refractivity contribution in [3.63, 3.8) is 0 Å². The van der Waals surface area contributed by atoms with Crippen molar-refractivity contribution in [2.45, 2.75) is 0 Å². The van der Waals surface area contributed by atoms with E-state index < -0.39 is 0 Å². The van der Waals surface area contributed by atoms with Crippen molar-refractivity contribution in [3.05, 3.63) is 61.1 Å². The number of benzene rings is 2. The predicted octanol–water partition coefficient (Wildman–Crippen LogP) is 3.85. The molecule has 0 amide bonds. The summed E-state index contributed by atoms with van der Waals surface area (Å²) in [5.41, 5.74) is 3.08. The van der Waals surface area contributed by atoms with Gasteiger partial charge in [0.25, 0.3) is 0 Å². The van der Waals surface area contributed by atoms with Crippen LogP contribution in [0.1, 0.15) is 0 Å². The lowest BCUT2D eigenvalue weighted by molar-refractivity contribution is 1.22. The van der Waals surface area contributed by atoms with E-state index in [9.17, 15) is 0 Å². The first-order chi connectivity index (χ1) is 9.90. The van der Waals surface area contributed by atoms with E-state index in [0.29, 0.717) is 0 Å². The van der Waals surface area contributed by atoms with Crippen LogP contribution in [0.15, 0.2) is 61.1 Å². The summed E-state index contributed by atoms with van der Waals surface area (Å²) in [5.74, 6) is 0.825. The standard InChI is InChI=1S/C16H12N4/c1-2-4-15-13(3-1)16(19-10-18-15)20-12-5-6-14-11(9-12)7-8-17-14/h1-10,17H,(H,18,19,20). The topological polar surface area (TPSA) is 53.6 Å². The van der Waals surface area contributed by atoms with Crippen LogP contribution in [0, 0.1) is 0 Å². The number of nitrogens with one attached hydrogen (secondary N) is 2. The Bertz CT molecular complexity index is 890. The first kappa shape index (κ1) is 11.0. The minimum Gasteiger partial charge on any atom is -0.361 e. The van der Waals surface area contributed by atoms with Gasteiger partial charge in [-0.05, 0) is 36.4 Å². The van der Waals surface area contributed by atoms with E-state index in [2.05, 4.69) is 38.5 Å². The molecule has 2 aromatic carbocycles. The molecular weight excluding hydrogens is 248 g/mol. The molecule has 2 N–H and O–H groups in total. The fourth-order valence-corrected chi connectivity index (χ4v) is 2.37. The molecule has 4 aromatic rings. The van der Waals surface area contributed by atoms with Gasteiger partial charge < -0.3 is 10.3 Å². The van der Waals surface area contributed by atoms with Crippen molar-refractivity contribution in [2.24, 2.45) is 0 Å². The number of anilines is 2. The van der Waals surface area contributed by atoms with Crippen LogP contribution in [0.25, 0.3) is 21.8 Å². The summed E-state index contributed by atoms with van der Waals surface area (Å²) < 4.78 is 0. The third-order valence-corrected chi connectivity index (χ3v) is 3.36. The number of aromatic amines is 1. The highest BCUT2D eigenvalue weighted by Gasteiger charge is 2.04. The third-order valence-electron chi connectivity index (χ3n) is 3.36. The van der Waals surface area contributed by atoms with Gasteiger partial charge in [-0.15, -0.1) is 0 Å². The summed E-state index contributed by atoms with van der Waals surface area (Å²) in [6.45, 7) is 0. The van der Waals surface area contributed by atoms with Crippen LogP contribution >= 0.6 is 0 Å². The molecule has 20 heavy (non-hydrogen) atoms. The Morgan fingerprint density at radius 2 is 1.90 bits per heavy atom. The number of rotatable bonds is 2. The van der Waals surface area contributed by atoms with Gasteiger partial charge in [0, 0.05) is 28.2 Å². The number of H-pyrrole nitrogens is 1. The van der Waals surface area contributed by atoms with Gasteiger partial charge in [0.05, 0.1) is 5.52 Å². The molecule has 0 unspecified atom stereocenters. The maximum atomic E-state index is 4.34. The highest BCUT2D eigenvalue weighted by Crippen LogP contribution is 2.24. The van der Waals surface area contributed by atoms with Gasteiger partial charge in [0.2, 0.25) is 0 Å². The van der Waals surface area contributed by atoms with Crippen LogP contribution in [0.2, 0.25) is 0 Å². The number of fused-ring (bicyclic) bond motifs is 2. The minimum atomic E-state index is 0.825. The van der Waals surface area contributed by atoms with Crippen LogP contribution in [0.4, 0.5) is 11.5 Å². The van der Waals surface area contributed by atoms with E-state index in [1.807, 2.05) is 36.5 Å². The van der Waals surface area contributed by atoms with Crippen LogP contribution in [-0.2, 0) is 0 Å². The number of hydrogen-bond donors (Lipinski definition) is 2. The molecule has 0 fully saturated rings. The number of hydrogen-bond acceptors (Lipinski definition) is 3. The lowest BCUT2D eigenvalue weighted by atomic mass is 10.2. The zero-order valence-electron chi connectivity index (χ0n) is 10.7. The lowest BCUT2D eigenvalue weighted by Gasteiger charge is -2.08. The Morgan fingerprint density at radius 3 is 2.90 bits per heavy atom. The summed E-state index contributed by atoms with van der Waals surface area (Å²) in [7, 11) is 0.